The second-order valence-corrected chi connectivity index (χ2v) is 8.95. The van der Waals surface area contributed by atoms with Gasteiger partial charge in [-0.3, -0.25) is 0 Å². The molecule has 3 aromatic rings. The van der Waals surface area contributed by atoms with Gasteiger partial charge in [0.1, 0.15) is 4.90 Å². The Balaban J connectivity index is 1.99. The third-order valence-corrected chi connectivity index (χ3v) is 6.11. The van der Waals surface area contributed by atoms with Crippen molar-refractivity contribution in [1.29, 1.82) is 5.26 Å². The molecule has 0 bridgehead atoms. The summed E-state index contributed by atoms with van der Waals surface area (Å²) in [6.07, 6.45) is 1.61. The Morgan fingerprint density at radius 3 is 2.26 bits per heavy atom. The fourth-order valence-corrected chi connectivity index (χ4v) is 4.13. The van der Waals surface area contributed by atoms with Crippen molar-refractivity contribution in [1.82, 2.24) is 0 Å². The monoisotopic (exact) mass is 473 g/mol. The van der Waals surface area contributed by atoms with E-state index < -0.39 is 10.1 Å². The van der Waals surface area contributed by atoms with Gasteiger partial charge in [0.2, 0.25) is 5.75 Å². The maximum atomic E-state index is 12.7. The molecule has 0 aliphatic carbocycles. The number of halogens is 2. The number of hydrogen-bond acceptors (Lipinski definition) is 5. The number of rotatable bonds is 6. The number of nitrogens with zero attached hydrogens (tertiary/aromatic N) is 1. The average molecular weight is 474 g/mol. The molecular formula is C23H17Cl2NO4S. The number of allylic oxidation sites excluding steroid dienone is 1. The van der Waals surface area contributed by atoms with Crippen LogP contribution >= 0.6 is 23.2 Å². The Kier molecular flexibility index (Phi) is 6.91. The molecule has 0 unspecified atom stereocenters. The highest BCUT2D eigenvalue weighted by molar-refractivity contribution is 7.87. The van der Waals surface area contributed by atoms with E-state index in [0.717, 1.165) is 5.56 Å². The first-order valence-corrected chi connectivity index (χ1v) is 11.2. The molecule has 0 spiro atoms. The highest BCUT2D eigenvalue weighted by Gasteiger charge is 2.22. The first kappa shape index (κ1) is 22.7. The predicted molar refractivity (Wildman–Crippen MR) is 122 cm³/mol. The van der Waals surface area contributed by atoms with Crippen molar-refractivity contribution in [2.24, 2.45) is 0 Å². The fraction of sp³-hybridized carbons (Fsp3) is 0.0870. The highest BCUT2D eigenvalue weighted by atomic mass is 35.5. The Hall–Kier alpha value is -2.98. The zero-order valence-corrected chi connectivity index (χ0v) is 18.9. The van der Waals surface area contributed by atoms with Gasteiger partial charge in [-0.2, -0.15) is 13.7 Å². The van der Waals surface area contributed by atoms with Crippen LogP contribution in [0.3, 0.4) is 0 Å². The van der Waals surface area contributed by atoms with E-state index >= 15 is 0 Å². The highest BCUT2D eigenvalue weighted by Crippen LogP contribution is 2.39. The molecule has 3 rings (SSSR count). The van der Waals surface area contributed by atoms with Crippen molar-refractivity contribution in [3.05, 3.63) is 87.4 Å². The molecule has 5 nitrogen and oxygen atoms in total. The van der Waals surface area contributed by atoms with Gasteiger partial charge < -0.3 is 8.92 Å². The minimum Gasteiger partial charge on any atom is -0.493 e. The molecule has 0 radical (unpaired) electrons. The molecule has 0 aromatic heterocycles. The van der Waals surface area contributed by atoms with Gasteiger partial charge >= 0.3 is 10.1 Å². The smallest absolute Gasteiger partial charge is 0.339 e. The summed E-state index contributed by atoms with van der Waals surface area (Å²) >= 11 is 12.2. The summed E-state index contributed by atoms with van der Waals surface area (Å²) in [5.74, 6) is -0.0188. The number of hydrogen-bond donors (Lipinski definition) is 0. The summed E-state index contributed by atoms with van der Waals surface area (Å²) in [5.41, 5.74) is 2.49. The Morgan fingerprint density at radius 1 is 1.03 bits per heavy atom. The lowest BCUT2D eigenvalue weighted by atomic mass is 10.0. The zero-order valence-electron chi connectivity index (χ0n) is 16.6. The maximum Gasteiger partial charge on any atom is 0.339 e. The van der Waals surface area contributed by atoms with Crippen LogP contribution in [-0.4, -0.2) is 15.5 Å². The van der Waals surface area contributed by atoms with Crippen LogP contribution < -0.4 is 8.92 Å². The minimum absolute atomic E-state index is 0.00491. The SMILES string of the molecule is COc1cc(/C=C(\C#N)c2ccc(Cl)cc2)cc(Cl)c1OS(=O)(=O)c1ccc(C)cc1. The second-order valence-electron chi connectivity index (χ2n) is 6.56. The quantitative estimate of drug-likeness (QED) is 0.244. The Morgan fingerprint density at radius 2 is 1.68 bits per heavy atom. The predicted octanol–water partition coefficient (Wildman–Crippen LogP) is 6.14. The average Bonchev–Trinajstić information content (AvgIpc) is 2.74. The lowest BCUT2D eigenvalue weighted by molar-refractivity contribution is 0.390. The molecule has 0 heterocycles. The molecule has 31 heavy (non-hydrogen) atoms. The summed E-state index contributed by atoms with van der Waals surface area (Å²) < 4.78 is 35.9. The molecule has 158 valence electrons. The van der Waals surface area contributed by atoms with Crippen LogP contribution in [0.15, 0.2) is 65.6 Å². The minimum atomic E-state index is -4.12. The number of ether oxygens (including phenoxy) is 1. The molecule has 0 aliphatic heterocycles. The van der Waals surface area contributed by atoms with E-state index in [9.17, 15) is 13.7 Å². The van der Waals surface area contributed by atoms with Gasteiger partial charge in [0, 0.05) is 5.02 Å². The summed E-state index contributed by atoms with van der Waals surface area (Å²) in [5, 5.41) is 10.1. The number of aryl methyl sites for hydroxylation is 1. The van der Waals surface area contributed by atoms with Crippen molar-refractivity contribution >= 4 is 45.0 Å². The van der Waals surface area contributed by atoms with E-state index in [0.29, 0.717) is 21.7 Å². The first-order valence-electron chi connectivity index (χ1n) is 9.00. The summed E-state index contributed by atoms with van der Waals surface area (Å²) in [6, 6.07) is 18.2. The van der Waals surface area contributed by atoms with Crippen LogP contribution in [0.1, 0.15) is 16.7 Å². The molecule has 8 heteroatoms. The van der Waals surface area contributed by atoms with E-state index in [1.54, 1.807) is 48.5 Å². The fourth-order valence-electron chi connectivity index (χ4n) is 2.74. The van der Waals surface area contributed by atoms with Crippen LogP contribution in [0.5, 0.6) is 11.5 Å². The first-order chi connectivity index (χ1) is 14.7. The lowest BCUT2D eigenvalue weighted by Gasteiger charge is -2.13. The van der Waals surface area contributed by atoms with Gasteiger partial charge in [0.15, 0.2) is 5.75 Å². The van der Waals surface area contributed by atoms with Crippen molar-refractivity contribution in [2.45, 2.75) is 11.8 Å². The number of benzene rings is 3. The molecule has 0 saturated carbocycles. The van der Waals surface area contributed by atoms with Crippen molar-refractivity contribution in [3.63, 3.8) is 0 Å². The van der Waals surface area contributed by atoms with Crippen LogP contribution in [-0.2, 0) is 10.1 Å². The van der Waals surface area contributed by atoms with Crippen molar-refractivity contribution < 1.29 is 17.3 Å². The van der Waals surface area contributed by atoms with Crippen LogP contribution in [0.4, 0.5) is 0 Å². The molecule has 0 saturated heterocycles. The largest absolute Gasteiger partial charge is 0.493 e. The topological polar surface area (TPSA) is 76.4 Å². The molecule has 0 fully saturated rings. The normalized spacial score (nSPS) is 11.6. The van der Waals surface area contributed by atoms with Gasteiger partial charge in [-0.25, -0.2) is 0 Å². The van der Waals surface area contributed by atoms with Crippen LogP contribution in [0, 0.1) is 18.3 Å². The van der Waals surface area contributed by atoms with Gasteiger partial charge in [-0.1, -0.05) is 53.0 Å². The maximum absolute atomic E-state index is 12.7. The molecule has 0 atom stereocenters. The number of methoxy groups -OCH3 is 1. The molecular weight excluding hydrogens is 457 g/mol. The summed E-state index contributed by atoms with van der Waals surface area (Å²) in [4.78, 5) is -0.00491. The lowest BCUT2D eigenvalue weighted by Crippen LogP contribution is -2.11. The van der Waals surface area contributed by atoms with Crippen LogP contribution in [0.25, 0.3) is 11.6 Å². The van der Waals surface area contributed by atoms with E-state index in [1.165, 1.54) is 25.3 Å². The van der Waals surface area contributed by atoms with Crippen molar-refractivity contribution in [2.75, 3.05) is 7.11 Å². The Labute approximate surface area is 191 Å². The third-order valence-electron chi connectivity index (χ3n) is 4.34. The zero-order chi connectivity index (χ0) is 22.6. The van der Waals surface area contributed by atoms with E-state index in [-0.39, 0.29) is 21.4 Å². The number of nitriles is 1. The molecule has 0 N–H and O–H groups in total. The van der Waals surface area contributed by atoms with E-state index in [2.05, 4.69) is 6.07 Å². The van der Waals surface area contributed by atoms with Crippen LogP contribution in [0.2, 0.25) is 10.0 Å². The van der Waals surface area contributed by atoms with Crippen molar-refractivity contribution in [3.8, 4) is 17.6 Å². The molecule has 3 aromatic carbocycles. The summed E-state index contributed by atoms with van der Waals surface area (Å²) in [7, 11) is -2.75. The van der Waals surface area contributed by atoms with Gasteiger partial charge in [0.25, 0.3) is 0 Å². The second kappa shape index (κ2) is 9.44. The molecule has 0 aliphatic rings. The Bertz CT molecular complexity index is 1280. The summed E-state index contributed by atoms with van der Waals surface area (Å²) in [6.45, 7) is 1.85. The molecule has 0 amide bonds. The standard InChI is InChI=1S/C23H17Cl2NO4S/c1-15-3-9-20(10-4-15)31(27,28)30-23-21(25)12-16(13-22(23)29-2)11-18(14-26)17-5-7-19(24)8-6-17/h3-13H,1-2H3/b18-11+. The van der Waals surface area contributed by atoms with Gasteiger partial charge in [-0.15, -0.1) is 0 Å². The van der Waals surface area contributed by atoms with E-state index in [4.69, 9.17) is 32.1 Å². The third kappa shape index (κ3) is 5.39. The van der Waals surface area contributed by atoms with E-state index in [1.807, 2.05) is 6.92 Å². The van der Waals surface area contributed by atoms with Gasteiger partial charge in [-0.05, 0) is 60.5 Å². The van der Waals surface area contributed by atoms with Gasteiger partial charge in [0.05, 0.1) is 23.8 Å².